The molecule has 3 aliphatic rings. The molecule has 2 saturated heterocycles. The van der Waals surface area contributed by atoms with E-state index in [2.05, 4.69) is 5.32 Å². The summed E-state index contributed by atoms with van der Waals surface area (Å²) in [7, 11) is -4.42. The smallest absolute Gasteiger partial charge is 0.248 e. The Kier molecular flexibility index (Phi) is 8.05. The number of hydrogen-bond donors (Lipinski definition) is 1. The van der Waals surface area contributed by atoms with Gasteiger partial charge in [-0.05, 0) is 56.5 Å². The molecular formula is C27H28Cl2F2N4O5S. The van der Waals surface area contributed by atoms with Gasteiger partial charge in [0.15, 0.2) is 0 Å². The van der Waals surface area contributed by atoms with E-state index in [1.54, 1.807) is 13.8 Å². The van der Waals surface area contributed by atoms with Gasteiger partial charge in [0.2, 0.25) is 27.7 Å². The molecule has 1 N–H and O–H groups in total. The van der Waals surface area contributed by atoms with Crippen LogP contribution in [0.5, 0.6) is 0 Å². The highest BCUT2D eigenvalue weighted by Gasteiger charge is 2.55. The summed E-state index contributed by atoms with van der Waals surface area (Å²) in [5.41, 5.74) is -0.0267. The van der Waals surface area contributed by atoms with Crippen molar-refractivity contribution in [1.82, 2.24) is 19.4 Å². The van der Waals surface area contributed by atoms with E-state index in [0.717, 1.165) is 15.3 Å². The average Bonchev–Trinajstić information content (AvgIpc) is 3.73. The van der Waals surface area contributed by atoms with Crippen molar-refractivity contribution in [2.45, 2.75) is 62.3 Å². The largest absolute Gasteiger partial charge is 0.343 e. The van der Waals surface area contributed by atoms with Gasteiger partial charge < -0.3 is 15.1 Å². The van der Waals surface area contributed by atoms with Crippen molar-refractivity contribution in [3.63, 3.8) is 0 Å². The molecule has 220 valence electrons. The summed E-state index contributed by atoms with van der Waals surface area (Å²) in [5, 5.41) is 2.73. The van der Waals surface area contributed by atoms with Crippen LogP contribution >= 0.6 is 23.2 Å². The van der Waals surface area contributed by atoms with Crippen LogP contribution in [-0.4, -0.2) is 77.6 Å². The molecular weight excluding hydrogens is 601 g/mol. The summed E-state index contributed by atoms with van der Waals surface area (Å²) in [5.74, 6) is -3.57. The van der Waals surface area contributed by atoms with Gasteiger partial charge in [-0.2, -0.15) is 4.31 Å². The summed E-state index contributed by atoms with van der Waals surface area (Å²) < 4.78 is 57.7. The summed E-state index contributed by atoms with van der Waals surface area (Å²) in [6.45, 7) is 2.90. The van der Waals surface area contributed by atoms with Gasteiger partial charge in [-0.3, -0.25) is 14.4 Å². The number of carbonyl (C=O) groups is 3. The third-order valence-corrected chi connectivity index (χ3v) is 10.2. The first-order chi connectivity index (χ1) is 19.3. The Bertz CT molecular complexity index is 1520. The van der Waals surface area contributed by atoms with Crippen molar-refractivity contribution in [2.75, 3.05) is 13.1 Å². The number of amides is 3. The molecule has 3 unspecified atom stereocenters. The monoisotopic (exact) mass is 628 g/mol. The van der Waals surface area contributed by atoms with Gasteiger partial charge in [0.25, 0.3) is 0 Å². The average molecular weight is 630 g/mol. The number of hydrogen-bond acceptors (Lipinski definition) is 5. The van der Waals surface area contributed by atoms with Crippen LogP contribution in [-0.2, 0) is 30.8 Å². The van der Waals surface area contributed by atoms with Crippen molar-refractivity contribution >= 4 is 50.9 Å². The number of benzene rings is 2. The first kappa shape index (κ1) is 29.7. The maximum absolute atomic E-state index is 14.8. The van der Waals surface area contributed by atoms with Crippen molar-refractivity contribution in [3.05, 3.63) is 63.6 Å². The lowest BCUT2D eigenvalue weighted by Crippen LogP contribution is -2.76. The lowest BCUT2D eigenvalue weighted by atomic mass is 9.96. The van der Waals surface area contributed by atoms with E-state index in [0.29, 0.717) is 18.9 Å². The van der Waals surface area contributed by atoms with E-state index in [9.17, 15) is 31.6 Å². The zero-order valence-electron chi connectivity index (χ0n) is 22.2. The topological polar surface area (TPSA) is 107 Å². The maximum atomic E-state index is 14.8. The number of piperazine rings is 1. The highest BCUT2D eigenvalue weighted by molar-refractivity contribution is 7.89. The van der Waals surface area contributed by atoms with Crippen LogP contribution in [0.25, 0.3) is 0 Å². The van der Waals surface area contributed by atoms with Crippen LogP contribution in [0.4, 0.5) is 8.78 Å². The van der Waals surface area contributed by atoms with Crippen LogP contribution in [0.15, 0.2) is 41.3 Å². The van der Waals surface area contributed by atoms with Crippen molar-refractivity contribution in [2.24, 2.45) is 5.92 Å². The molecule has 41 heavy (non-hydrogen) atoms. The Morgan fingerprint density at radius 1 is 1.05 bits per heavy atom. The number of rotatable bonds is 7. The highest BCUT2D eigenvalue weighted by atomic mass is 35.5. The molecule has 3 fully saturated rings. The molecule has 1 aliphatic carbocycles. The zero-order chi connectivity index (χ0) is 29.8. The molecule has 3 amide bonds. The number of fused-ring (bicyclic) bond motifs is 1. The fourth-order valence-electron chi connectivity index (χ4n) is 5.32. The second-order valence-corrected chi connectivity index (χ2v) is 13.5. The predicted molar refractivity (Wildman–Crippen MR) is 146 cm³/mol. The van der Waals surface area contributed by atoms with E-state index >= 15 is 0 Å². The summed E-state index contributed by atoms with van der Waals surface area (Å²) in [6, 6.07) is 3.76. The minimum absolute atomic E-state index is 0.0267. The lowest BCUT2D eigenvalue weighted by molar-refractivity contribution is -0.169. The Morgan fingerprint density at radius 2 is 1.76 bits per heavy atom. The minimum atomic E-state index is -4.42. The van der Waals surface area contributed by atoms with E-state index in [4.69, 9.17) is 23.2 Å². The fraction of sp³-hybridized carbons (Fsp3) is 0.444. The maximum Gasteiger partial charge on any atom is 0.248 e. The standard InChI is InChI=1S/C27H28Cl2F2N4O5S/c1-14(2)33-13-24-34(41(39,40)23-8-6-17(28)10-19(23)29)12-21(32-25(36)15-3-4-15)26(37)35(24)22(27(33)38)9-16-5-7-18(30)11-20(16)31/h5-8,10-11,14-15,21-22,24H,3-4,9,12-13H2,1-2H3,(H,32,36). The summed E-state index contributed by atoms with van der Waals surface area (Å²) in [4.78, 5) is 42.7. The summed E-state index contributed by atoms with van der Waals surface area (Å²) in [6.07, 6.45) is -0.233. The molecule has 14 heteroatoms. The lowest BCUT2D eigenvalue weighted by Gasteiger charge is -2.54. The molecule has 5 rings (SSSR count). The molecule has 3 atom stereocenters. The first-order valence-electron chi connectivity index (χ1n) is 13.1. The van der Waals surface area contributed by atoms with Gasteiger partial charge in [-0.25, -0.2) is 17.2 Å². The molecule has 2 aromatic carbocycles. The molecule has 9 nitrogen and oxygen atoms in total. The molecule has 0 bridgehead atoms. The Labute approximate surface area is 246 Å². The number of nitrogens with zero attached hydrogens (tertiary/aromatic N) is 3. The van der Waals surface area contributed by atoms with Crippen molar-refractivity contribution < 1.29 is 31.6 Å². The molecule has 2 heterocycles. The van der Waals surface area contributed by atoms with Gasteiger partial charge >= 0.3 is 0 Å². The van der Waals surface area contributed by atoms with E-state index in [-0.39, 0.29) is 39.4 Å². The number of halogens is 4. The van der Waals surface area contributed by atoms with Gasteiger partial charge in [0.05, 0.1) is 11.6 Å². The Morgan fingerprint density at radius 3 is 2.37 bits per heavy atom. The van der Waals surface area contributed by atoms with Crippen LogP contribution in [0, 0.1) is 17.6 Å². The molecule has 0 radical (unpaired) electrons. The van der Waals surface area contributed by atoms with Crippen molar-refractivity contribution in [3.8, 4) is 0 Å². The number of sulfonamides is 1. The first-order valence-corrected chi connectivity index (χ1v) is 15.3. The van der Waals surface area contributed by atoms with Crippen LogP contribution in [0.1, 0.15) is 32.3 Å². The van der Waals surface area contributed by atoms with Crippen LogP contribution in [0.2, 0.25) is 10.0 Å². The fourth-order valence-corrected chi connectivity index (χ4v) is 7.65. The van der Waals surface area contributed by atoms with Crippen LogP contribution in [0.3, 0.4) is 0 Å². The predicted octanol–water partition coefficient (Wildman–Crippen LogP) is 3.19. The van der Waals surface area contributed by atoms with E-state index in [1.807, 2.05) is 0 Å². The molecule has 0 aromatic heterocycles. The van der Waals surface area contributed by atoms with Gasteiger partial charge in [-0.15, -0.1) is 0 Å². The van der Waals surface area contributed by atoms with Gasteiger partial charge in [-0.1, -0.05) is 29.3 Å². The van der Waals surface area contributed by atoms with Crippen LogP contribution < -0.4 is 5.32 Å². The number of nitrogens with one attached hydrogen (secondary N) is 1. The normalized spacial score (nSPS) is 23.6. The number of carbonyl (C=O) groups excluding carboxylic acids is 3. The van der Waals surface area contributed by atoms with E-state index < -0.39 is 70.2 Å². The molecule has 1 saturated carbocycles. The quantitative estimate of drug-likeness (QED) is 0.507. The highest BCUT2D eigenvalue weighted by Crippen LogP contribution is 2.36. The minimum Gasteiger partial charge on any atom is -0.343 e. The Hall–Kier alpha value is -2.80. The third kappa shape index (κ3) is 5.67. The second kappa shape index (κ2) is 11.1. The molecule has 2 aromatic rings. The second-order valence-electron chi connectivity index (χ2n) is 10.8. The SMILES string of the molecule is CC(C)N1CC2N(C(=O)C(NC(=O)C3CC3)CN2S(=O)(=O)c2ccc(Cl)cc2Cl)C(Cc2ccc(F)cc2F)C1=O. The van der Waals surface area contributed by atoms with Gasteiger partial charge in [0, 0.05) is 36.0 Å². The summed E-state index contributed by atoms with van der Waals surface area (Å²) >= 11 is 12.3. The third-order valence-electron chi connectivity index (χ3n) is 7.63. The van der Waals surface area contributed by atoms with Crippen molar-refractivity contribution in [1.29, 1.82) is 0 Å². The zero-order valence-corrected chi connectivity index (χ0v) is 24.5. The molecule has 0 spiro atoms. The Balaban J connectivity index is 1.62. The molecule has 2 aliphatic heterocycles. The van der Waals surface area contributed by atoms with E-state index in [1.165, 1.54) is 29.2 Å². The van der Waals surface area contributed by atoms with Gasteiger partial charge in [0.1, 0.15) is 34.8 Å².